The van der Waals surface area contributed by atoms with Crippen LogP contribution < -0.4 is 0 Å². The maximum atomic E-state index is 13.3. The second-order valence-corrected chi connectivity index (χ2v) is 3.36. The first-order chi connectivity index (χ1) is 8.57. The molecule has 1 unspecified atom stereocenters. The zero-order valence-corrected chi connectivity index (χ0v) is 8.91. The summed E-state index contributed by atoms with van der Waals surface area (Å²) < 4.78 is 106. The van der Waals surface area contributed by atoms with Gasteiger partial charge in [0.1, 0.15) is 17.8 Å². The van der Waals surface area contributed by atoms with Crippen LogP contribution in [0.25, 0.3) is 0 Å². The van der Waals surface area contributed by atoms with Crippen LogP contribution in [0.15, 0.2) is 23.2 Å². The number of hydrogen-bond donors (Lipinski definition) is 0. The highest BCUT2D eigenvalue weighted by Crippen LogP contribution is 2.41. The minimum absolute atomic E-state index is 0.179. The highest BCUT2D eigenvalue weighted by Gasteiger charge is 2.52. The molecular weight excluding hydrogens is 292 g/mol. The van der Waals surface area contributed by atoms with Crippen LogP contribution in [0.5, 0.6) is 0 Å². The molecule has 1 atom stereocenters. The Kier molecular flexibility index (Phi) is 4.43. The first kappa shape index (κ1) is 15.7. The van der Waals surface area contributed by atoms with Crippen molar-refractivity contribution in [1.29, 1.82) is 0 Å². The van der Waals surface area contributed by atoms with Crippen molar-refractivity contribution in [3.05, 3.63) is 23.2 Å². The summed E-state index contributed by atoms with van der Waals surface area (Å²) >= 11 is 0. The van der Waals surface area contributed by atoms with Gasteiger partial charge in [0.05, 0.1) is 5.57 Å². The largest absolute Gasteiger partial charge is 0.527 e. The van der Waals surface area contributed by atoms with Crippen LogP contribution in [0.1, 0.15) is 6.42 Å². The van der Waals surface area contributed by atoms with Gasteiger partial charge in [-0.05, 0) is 0 Å². The number of rotatable bonds is 4. The van der Waals surface area contributed by atoms with Gasteiger partial charge in [-0.25, -0.2) is 17.9 Å². The summed E-state index contributed by atoms with van der Waals surface area (Å²) in [6.45, 7) is -1.46. The molecule has 0 heterocycles. The van der Waals surface area contributed by atoms with Crippen LogP contribution in [-0.2, 0) is 9.47 Å². The van der Waals surface area contributed by atoms with Gasteiger partial charge >= 0.3 is 12.5 Å². The molecule has 19 heavy (non-hydrogen) atoms. The minimum Gasteiger partial charge on any atom is -0.467 e. The van der Waals surface area contributed by atoms with E-state index in [0.717, 1.165) is 0 Å². The third-order valence-electron chi connectivity index (χ3n) is 2.04. The van der Waals surface area contributed by atoms with E-state index in [4.69, 9.17) is 0 Å². The lowest BCUT2D eigenvalue weighted by Crippen LogP contribution is -2.36. The molecule has 2 nitrogen and oxygen atoms in total. The molecule has 0 aliphatic heterocycles. The molecule has 1 aliphatic rings. The summed E-state index contributed by atoms with van der Waals surface area (Å²) in [5.74, 6) is -2.64. The minimum atomic E-state index is -5.78. The van der Waals surface area contributed by atoms with Crippen LogP contribution in [0, 0.1) is 0 Å². The number of halogens is 8. The summed E-state index contributed by atoms with van der Waals surface area (Å²) in [5, 5.41) is 0. The average Bonchev–Trinajstić information content (AvgIpc) is 2.11. The second-order valence-electron chi connectivity index (χ2n) is 3.36. The molecule has 1 rings (SSSR count). The number of ether oxygens (including phenoxy) is 2. The van der Waals surface area contributed by atoms with Gasteiger partial charge in [0.2, 0.25) is 6.86 Å². The third-order valence-corrected chi connectivity index (χ3v) is 2.04. The molecule has 0 N–H and O–H groups in total. The summed E-state index contributed by atoms with van der Waals surface area (Å²) in [6, 6.07) is 0. The van der Waals surface area contributed by atoms with Gasteiger partial charge in [0.25, 0.3) is 0 Å². The Labute approximate surface area is 101 Å². The van der Waals surface area contributed by atoms with E-state index in [2.05, 4.69) is 9.47 Å². The molecule has 0 saturated carbocycles. The van der Waals surface area contributed by atoms with Gasteiger partial charge in [0, 0.05) is 12.5 Å². The number of alkyl halides is 7. The van der Waals surface area contributed by atoms with E-state index in [1.165, 1.54) is 0 Å². The normalized spacial score (nSPS) is 21.5. The Morgan fingerprint density at radius 3 is 2.21 bits per heavy atom. The van der Waals surface area contributed by atoms with Gasteiger partial charge in [0.15, 0.2) is 0 Å². The average molecular weight is 298 g/mol. The van der Waals surface area contributed by atoms with E-state index in [9.17, 15) is 35.1 Å². The second kappa shape index (κ2) is 5.35. The Hall–Kier alpha value is -1.32. The van der Waals surface area contributed by atoms with Gasteiger partial charge in [-0.15, -0.1) is 13.2 Å². The van der Waals surface area contributed by atoms with E-state index in [-0.39, 0.29) is 6.08 Å². The molecule has 0 aromatic rings. The van der Waals surface area contributed by atoms with Crippen molar-refractivity contribution in [2.45, 2.75) is 25.1 Å². The van der Waals surface area contributed by atoms with Crippen molar-refractivity contribution in [3.8, 4) is 0 Å². The van der Waals surface area contributed by atoms with Crippen molar-refractivity contribution < 1.29 is 44.6 Å². The van der Waals surface area contributed by atoms with Crippen LogP contribution in [0.2, 0.25) is 0 Å². The summed E-state index contributed by atoms with van der Waals surface area (Å²) in [6.07, 6.45) is -14.7. The first-order valence-corrected chi connectivity index (χ1v) is 4.65. The monoisotopic (exact) mass is 298 g/mol. The molecular formula is C9H6F8O2. The van der Waals surface area contributed by atoms with E-state index in [1.54, 1.807) is 0 Å². The molecule has 0 saturated heterocycles. The zero-order valence-electron chi connectivity index (χ0n) is 8.91. The van der Waals surface area contributed by atoms with Crippen LogP contribution in [0.4, 0.5) is 35.1 Å². The summed E-state index contributed by atoms with van der Waals surface area (Å²) in [4.78, 5) is 0. The molecule has 0 spiro atoms. The highest BCUT2D eigenvalue weighted by molar-refractivity contribution is 5.33. The van der Waals surface area contributed by atoms with Crippen LogP contribution in [-0.4, -0.2) is 25.5 Å². The van der Waals surface area contributed by atoms with E-state index in [0.29, 0.717) is 0 Å². The fourth-order valence-corrected chi connectivity index (χ4v) is 1.40. The molecule has 0 bridgehead atoms. The quantitative estimate of drug-likeness (QED) is 0.733. The van der Waals surface area contributed by atoms with Gasteiger partial charge in [-0.1, -0.05) is 0 Å². The predicted octanol–water partition coefficient (Wildman–Crippen LogP) is 3.91. The molecule has 1 aliphatic carbocycles. The Bertz CT molecular complexity index is 398. The molecule has 0 fully saturated rings. The maximum Gasteiger partial charge on any atom is 0.527 e. The Morgan fingerprint density at radius 1 is 1.21 bits per heavy atom. The topological polar surface area (TPSA) is 18.5 Å². The van der Waals surface area contributed by atoms with Crippen molar-refractivity contribution in [2.24, 2.45) is 0 Å². The van der Waals surface area contributed by atoms with Gasteiger partial charge in [-0.2, -0.15) is 8.78 Å². The molecule has 0 aromatic heterocycles. The van der Waals surface area contributed by atoms with E-state index < -0.39 is 49.1 Å². The molecule has 0 radical (unpaired) electrons. The van der Waals surface area contributed by atoms with Crippen molar-refractivity contribution >= 4 is 0 Å². The zero-order chi connectivity index (χ0) is 14.8. The van der Waals surface area contributed by atoms with Crippen molar-refractivity contribution in [2.75, 3.05) is 6.86 Å². The van der Waals surface area contributed by atoms with Crippen molar-refractivity contribution in [3.63, 3.8) is 0 Å². The lowest BCUT2D eigenvalue weighted by atomic mass is 9.99. The molecule has 0 amide bonds. The summed E-state index contributed by atoms with van der Waals surface area (Å²) in [5.41, 5.74) is -2.11. The fourth-order valence-electron chi connectivity index (χ4n) is 1.40. The maximum absolute atomic E-state index is 13.3. The molecule has 110 valence electrons. The molecule has 0 aromatic carbocycles. The first-order valence-electron chi connectivity index (χ1n) is 4.65. The van der Waals surface area contributed by atoms with Gasteiger partial charge in [-0.3, -0.25) is 0 Å². The van der Waals surface area contributed by atoms with Crippen molar-refractivity contribution in [1.82, 2.24) is 0 Å². The lowest BCUT2D eigenvalue weighted by Gasteiger charge is -2.26. The fraction of sp³-hybridized carbons (Fsp3) is 0.556. The Morgan fingerprint density at radius 2 is 1.79 bits per heavy atom. The standard InChI is InChI=1S/C9H6F8O2/c10-3-18-4-1-5(11)7(6(12)2-4)8(13,14)19-9(15,16)17/h1,6H,2-3H2. The lowest BCUT2D eigenvalue weighted by molar-refractivity contribution is -0.414. The summed E-state index contributed by atoms with van der Waals surface area (Å²) in [7, 11) is 0. The predicted molar refractivity (Wildman–Crippen MR) is 44.9 cm³/mol. The SMILES string of the molecule is FCOC1=CC(F)=C(C(F)(F)OC(F)(F)F)C(F)C1. The smallest absolute Gasteiger partial charge is 0.467 e. The highest BCUT2D eigenvalue weighted by atomic mass is 19.4. The van der Waals surface area contributed by atoms with E-state index in [1.807, 2.05) is 0 Å². The van der Waals surface area contributed by atoms with Crippen LogP contribution in [0.3, 0.4) is 0 Å². The number of allylic oxidation sites excluding steroid dienone is 3. The molecule has 10 heteroatoms. The third kappa shape index (κ3) is 4.08. The van der Waals surface area contributed by atoms with E-state index >= 15 is 0 Å². The van der Waals surface area contributed by atoms with Gasteiger partial charge < -0.3 is 4.74 Å². The van der Waals surface area contributed by atoms with Crippen LogP contribution >= 0.6 is 0 Å². The number of hydrogen-bond acceptors (Lipinski definition) is 2. The Balaban J connectivity index is 3.06.